The minimum absolute atomic E-state index is 0.0994. The minimum Gasteiger partial charge on any atom is -0.320 e. The van der Waals surface area contributed by atoms with Gasteiger partial charge in [-0.3, -0.25) is 0 Å². The second-order valence-corrected chi connectivity index (χ2v) is 5.68. The summed E-state index contributed by atoms with van der Waals surface area (Å²) in [5.74, 6) is -4.01. The van der Waals surface area contributed by atoms with Crippen molar-refractivity contribution in [2.24, 2.45) is 5.73 Å². The van der Waals surface area contributed by atoms with E-state index in [1.807, 2.05) is 0 Å². The van der Waals surface area contributed by atoms with Gasteiger partial charge in [-0.25, -0.2) is 13.2 Å². The molecule has 1 atom stereocenters. The van der Waals surface area contributed by atoms with Gasteiger partial charge in [0.25, 0.3) is 0 Å². The van der Waals surface area contributed by atoms with Gasteiger partial charge < -0.3 is 5.73 Å². The molecule has 0 radical (unpaired) electrons. The van der Waals surface area contributed by atoms with Crippen molar-refractivity contribution in [2.45, 2.75) is 6.04 Å². The number of halogens is 5. The van der Waals surface area contributed by atoms with E-state index >= 15 is 0 Å². The van der Waals surface area contributed by atoms with E-state index in [0.29, 0.717) is 10.0 Å². The van der Waals surface area contributed by atoms with Crippen LogP contribution in [0.1, 0.15) is 17.2 Å². The van der Waals surface area contributed by atoms with Crippen LogP contribution in [-0.2, 0) is 0 Å². The van der Waals surface area contributed by atoms with E-state index in [0.717, 1.165) is 16.6 Å². The van der Waals surface area contributed by atoms with E-state index in [-0.39, 0.29) is 5.56 Å². The maximum atomic E-state index is 13.7. The van der Waals surface area contributed by atoms with Crippen LogP contribution in [0.15, 0.2) is 39.3 Å². The van der Waals surface area contributed by atoms with E-state index in [9.17, 15) is 13.2 Å². The van der Waals surface area contributed by atoms with Crippen molar-refractivity contribution in [1.82, 2.24) is 0 Å². The van der Waals surface area contributed by atoms with Crippen LogP contribution < -0.4 is 5.73 Å². The van der Waals surface area contributed by atoms with Gasteiger partial charge in [0.15, 0.2) is 17.5 Å². The molecule has 0 bridgehead atoms. The van der Waals surface area contributed by atoms with Gasteiger partial charge >= 0.3 is 0 Å². The van der Waals surface area contributed by atoms with Gasteiger partial charge in [0, 0.05) is 14.5 Å². The molecule has 2 aromatic rings. The molecule has 1 nitrogen and oxygen atoms in total. The summed E-state index contributed by atoms with van der Waals surface area (Å²) in [5, 5.41) is 0. The highest BCUT2D eigenvalue weighted by atomic mass is 79.9. The van der Waals surface area contributed by atoms with E-state index in [1.165, 1.54) is 0 Å². The molecule has 0 saturated carbocycles. The predicted molar refractivity (Wildman–Crippen MR) is 74.2 cm³/mol. The third kappa shape index (κ3) is 2.85. The second kappa shape index (κ2) is 5.64. The van der Waals surface area contributed by atoms with Crippen molar-refractivity contribution < 1.29 is 13.2 Å². The lowest BCUT2D eigenvalue weighted by Crippen LogP contribution is -2.15. The van der Waals surface area contributed by atoms with Crippen molar-refractivity contribution >= 4 is 31.9 Å². The molecular formula is C13H8Br2F3N. The average molecular weight is 395 g/mol. The highest BCUT2D eigenvalue weighted by Gasteiger charge is 2.21. The van der Waals surface area contributed by atoms with Crippen LogP contribution in [0.4, 0.5) is 13.2 Å². The fourth-order valence-electron chi connectivity index (χ4n) is 1.70. The molecule has 1 unspecified atom stereocenters. The third-order valence-corrected chi connectivity index (χ3v) is 3.91. The van der Waals surface area contributed by atoms with E-state index < -0.39 is 23.5 Å². The molecule has 6 heteroatoms. The normalized spacial score (nSPS) is 12.5. The summed E-state index contributed by atoms with van der Waals surface area (Å²) in [6.45, 7) is 0. The Morgan fingerprint density at radius 2 is 1.58 bits per heavy atom. The molecule has 2 rings (SSSR count). The van der Waals surface area contributed by atoms with Crippen LogP contribution in [-0.4, -0.2) is 0 Å². The van der Waals surface area contributed by atoms with Gasteiger partial charge in [0.2, 0.25) is 0 Å². The molecule has 2 N–H and O–H groups in total. The standard InChI is InChI=1S/C13H8Br2F3N/c14-6-1-3-9(15)8(5-6)13(19)7-2-4-10(16)12(18)11(7)17/h1-5,13H,19H2. The molecule has 0 heterocycles. The summed E-state index contributed by atoms with van der Waals surface area (Å²) in [4.78, 5) is 0. The highest BCUT2D eigenvalue weighted by molar-refractivity contribution is 9.11. The average Bonchev–Trinajstić information content (AvgIpc) is 2.38. The number of hydrogen-bond donors (Lipinski definition) is 1. The van der Waals surface area contributed by atoms with Crippen LogP contribution in [0.25, 0.3) is 0 Å². The van der Waals surface area contributed by atoms with Crippen molar-refractivity contribution in [1.29, 1.82) is 0 Å². The quantitative estimate of drug-likeness (QED) is 0.735. The maximum Gasteiger partial charge on any atom is 0.194 e. The fourth-order valence-corrected chi connectivity index (χ4v) is 2.57. The number of rotatable bonds is 2. The Labute approximate surface area is 124 Å². The Morgan fingerprint density at radius 1 is 0.895 bits per heavy atom. The second-order valence-electron chi connectivity index (χ2n) is 3.91. The highest BCUT2D eigenvalue weighted by Crippen LogP contribution is 2.31. The number of hydrogen-bond acceptors (Lipinski definition) is 1. The first kappa shape index (κ1) is 14.6. The molecule has 0 aliphatic carbocycles. The van der Waals surface area contributed by atoms with Crippen LogP contribution in [0.5, 0.6) is 0 Å². The topological polar surface area (TPSA) is 26.0 Å². The monoisotopic (exact) mass is 393 g/mol. The maximum absolute atomic E-state index is 13.7. The Bertz CT molecular complexity index is 632. The van der Waals surface area contributed by atoms with Crippen LogP contribution in [0.2, 0.25) is 0 Å². The summed E-state index contributed by atoms with van der Waals surface area (Å²) in [6.07, 6.45) is 0. The van der Waals surface area contributed by atoms with Gasteiger partial charge in [-0.05, 0) is 29.8 Å². The predicted octanol–water partition coefficient (Wildman–Crippen LogP) is 4.68. The van der Waals surface area contributed by atoms with Gasteiger partial charge in [0.05, 0.1) is 6.04 Å². The summed E-state index contributed by atoms with van der Waals surface area (Å²) >= 11 is 6.57. The molecule has 100 valence electrons. The lowest BCUT2D eigenvalue weighted by Gasteiger charge is -2.16. The van der Waals surface area contributed by atoms with Crippen molar-refractivity contribution in [3.63, 3.8) is 0 Å². The molecule has 0 aliphatic heterocycles. The summed E-state index contributed by atoms with van der Waals surface area (Å²) in [5.41, 5.74) is 6.40. The lowest BCUT2D eigenvalue weighted by atomic mass is 9.99. The minimum atomic E-state index is -1.51. The first-order valence-corrected chi connectivity index (χ1v) is 6.84. The Morgan fingerprint density at radius 3 is 2.26 bits per heavy atom. The SMILES string of the molecule is NC(c1cc(Br)ccc1Br)c1ccc(F)c(F)c1F. The summed E-state index contributed by atoms with van der Waals surface area (Å²) in [6, 6.07) is 6.31. The zero-order valence-corrected chi connectivity index (χ0v) is 12.6. The first-order valence-electron chi connectivity index (χ1n) is 5.25. The zero-order chi connectivity index (χ0) is 14.2. The zero-order valence-electron chi connectivity index (χ0n) is 9.43. The Balaban J connectivity index is 2.53. The molecule has 0 aromatic heterocycles. The van der Waals surface area contributed by atoms with E-state index in [1.54, 1.807) is 18.2 Å². The molecule has 19 heavy (non-hydrogen) atoms. The van der Waals surface area contributed by atoms with Crippen LogP contribution in [0.3, 0.4) is 0 Å². The van der Waals surface area contributed by atoms with Crippen LogP contribution >= 0.6 is 31.9 Å². The number of benzene rings is 2. The summed E-state index contributed by atoms with van der Waals surface area (Å²) in [7, 11) is 0. The van der Waals surface area contributed by atoms with Crippen molar-refractivity contribution in [2.75, 3.05) is 0 Å². The third-order valence-electron chi connectivity index (χ3n) is 2.69. The molecule has 2 aromatic carbocycles. The summed E-state index contributed by atoms with van der Waals surface area (Å²) < 4.78 is 41.2. The Hall–Kier alpha value is -0.850. The van der Waals surface area contributed by atoms with Crippen molar-refractivity contribution in [3.8, 4) is 0 Å². The molecule has 0 aliphatic rings. The fraction of sp³-hybridized carbons (Fsp3) is 0.0769. The van der Waals surface area contributed by atoms with E-state index in [2.05, 4.69) is 31.9 Å². The van der Waals surface area contributed by atoms with Crippen molar-refractivity contribution in [3.05, 3.63) is 67.9 Å². The molecule has 0 amide bonds. The molecular weight excluding hydrogens is 387 g/mol. The van der Waals surface area contributed by atoms with Gasteiger partial charge in [0.1, 0.15) is 0 Å². The molecule has 0 spiro atoms. The molecule has 0 saturated heterocycles. The van der Waals surface area contributed by atoms with E-state index in [4.69, 9.17) is 5.73 Å². The van der Waals surface area contributed by atoms with Gasteiger partial charge in [-0.1, -0.05) is 37.9 Å². The smallest absolute Gasteiger partial charge is 0.194 e. The molecule has 0 fully saturated rings. The van der Waals surface area contributed by atoms with Gasteiger partial charge in [-0.2, -0.15) is 0 Å². The van der Waals surface area contributed by atoms with Gasteiger partial charge in [-0.15, -0.1) is 0 Å². The lowest BCUT2D eigenvalue weighted by molar-refractivity contribution is 0.438. The largest absolute Gasteiger partial charge is 0.320 e. The van der Waals surface area contributed by atoms with Crippen LogP contribution in [0, 0.1) is 17.5 Å². The first-order chi connectivity index (χ1) is 8.91. The Kier molecular flexibility index (Phi) is 4.32. The number of nitrogens with two attached hydrogens (primary N) is 1.